The summed E-state index contributed by atoms with van der Waals surface area (Å²) in [7, 11) is 3.48. The van der Waals surface area contributed by atoms with Gasteiger partial charge in [-0.1, -0.05) is 5.21 Å². The molecule has 4 heterocycles. The van der Waals surface area contributed by atoms with E-state index in [0.29, 0.717) is 33.9 Å². The number of amides is 1. The summed E-state index contributed by atoms with van der Waals surface area (Å²) in [5.41, 5.74) is 3.36. The van der Waals surface area contributed by atoms with Gasteiger partial charge in [0.05, 0.1) is 39.0 Å². The molecule has 1 aliphatic rings. The molecule has 11 heteroatoms. The third kappa shape index (κ3) is 2.99. The molecule has 0 radical (unpaired) electrons. The van der Waals surface area contributed by atoms with Crippen molar-refractivity contribution in [3.63, 3.8) is 0 Å². The predicted molar refractivity (Wildman–Crippen MR) is 111 cm³/mol. The zero-order chi connectivity index (χ0) is 22.6. The van der Waals surface area contributed by atoms with Crippen LogP contribution in [0.3, 0.4) is 0 Å². The average molecular weight is 409 g/mol. The molecule has 0 aliphatic carbocycles. The largest absolute Gasteiger partial charge is 0.385 e. The maximum absolute atomic E-state index is 12.9. The number of hydrogen-bond acceptors (Lipinski definition) is 8. The molecule has 4 bridgehead atoms. The van der Waals surface area contributed by atoms with Crippen molar-refractivity contribution >= 4 is 39.8 Å². The normalized spacial score (nSPS) is 19.7. The van der Waals surface area contributed by atoms with E-state index in [1.807, 2.05) is 0 Å². The topological polar surface area (TPSA) is 123 Å². The number of nitrogens with one attached hydrogen (secondary N) is 3. The van der Waals surface area contributed by atoms with Gasteiger partial charge in [0.1, 0.15) is 5.52 Å². The van der Waals surface area contributed by atoms with Crippen LogP contribution in [0.4, 0.5) is 17.2 Å². The summed E-state index contributed by atoms with van der Waals surface area (Å²) in [5.74, 6) is 0.0114. The van der Waals surface area contributed by atoms with E-state index >= 15 is 0 Å². The van der Waals surface area contributed by atoms with Crippen molar-refractivity contribution in [2.24, 2.45) is 7.05 Å². The number of carbonyl (C=O) groups is 1. The minimum atomic E-state index is -2.12. The number of rotatable bonds is 1. The zero-order valence-electron chi connectivity index (χ0n) is 18.6. The summed E-state index contributed by atoms with van der Waals surface area (Å²) in [6.45, 7) is -0.421. The van der Waals surface area contributed by atoms with Gasteiger partial charge in [-0.25, -0.2) is 14.2 Å². The van der Waals surface area contributed by atoms with Gasteiger partial charge in [0.15, 0.2) is 17.2 Å². The van der Waals surface area contributed by atoms with Crippen molar-refractivity contribution in [1.82, 2.24) is 34.9 Å². The van der Waals surface area contributed by atoms with Gasteiger partial charge in [-0.2, -0.15) is 0 Å². The van der Waals surface area contributed by atoms with Gasteiger partial charge in [-0.05, 0) is 24.6 Å². The Hall–Kier alpha value is -3.73. The summed E-state index contributed by atoms with van der Waals surface area (Å²) in [6, 6.07) is 4.57. The second-order valence-electron chi connectivity index (χ2n) is 7.09. The number of anilines is 3. The molecular formula is C19H21N9O2. The van der Waals surface area contributed by atoms with Crippen molar-refractivity contribution in [2.75, 3.05) is 24.3 Å². The lowest BCUT2D eigenvalue weighted by atomic mass is 10.1. The fourth-order valence-electron chi connectivity index (χ4n) is 3.38. The molecule has 1 aromatic carbocycles. The van der Waals surface area contributed by atoms with Crippen LogP contribution in [0.25, 0.3) is 16.7 Å². The number of carbonyl (C=O) groups excluding carboxylic acids is 1. The van der Waals surface area contributed by atoms with Crippen molar-refractivity contribution in [1.29, 1.82) is 0 Å². The molecule has 5 rings (SSSR count). The second-order valence-corrected chi connectivity index (χ2v) is 7.09. The average Bonchev–Trinajstić information content (AvgIpc) is 3.35. The lowest BCUT2D eigenvalue weighted by molar-refractivity contribution is 0.0815. The van der Waals surface area contributed by atoms with Crippen LogP contribution in [0.1, 0.15) is 25.7 Å². The lowest BCUT2D eigenvalue weighted by Gasteiger charge is -2.16. The Morgan fingerprint density at radius 2 is 2.23 bits per heavy atom. The van der Waals surface area contributed by atoms with Crippen LogP contribution in [0.2, 0.25) is 0 Å². The summed E-state index contributed by atoms with van der Waals surface area (Å²) in [4.78, 5) is 17.2. The molecule has 3 N–H and O–H groups in total. The number of nitrogens with zero attached hydrogens (tertiary/aromatic N) is 6. The van der Waals surface area contributed by atoms with Gasteiger partial charge in [-0.15, -0.1) is 10.2 Å². The smallest absolute Gasteiger partial charge is 0.271 e. The molecular weight excluding hydrogens is 386 g/mol. The molecule has 0 fully saturated rings. The summed E-state index contributed by atoms with van der Waals surface area (Å²) in [6.07, 6.45) is 1.45. The summed E-state index contributed by atoms with van der Waals surface area (Å²) < 4.78 is 25.5. The van der Waals surface area contributed by atoms with E-state index in [4.69, 9.17) is 7.48 Å². The van der Waals surface area contributed by atoms with Crippen LogP contribution < -0.4 is 16.0 Å². The number of ether oxygens (including phenoxy) is 1. The quantitative estimate of drug-likeness (QED) is 0.432. The van der Waals surface area contributed by atoms with Crippen LogP contribution >= 0.6 is 0 Å². The summed E-state index contributed by atoms with van der Waals surface area (Å²) >= 11 is 0. The third-order valence-corrected chi connectivity index (χ3v) is 4.85. The minimum absolute atomic E-state index is 0.0413. The highest BCUT2D eigenvalue weighted by atomic mass is 16.5. The van der Waals surface area contributed by atoms with E-state index in [1.165, 1.54) is 10.7 Å². The highest BCUT2D eigenvalue weighted by Gasteiger charge is 2.20. The van der Waals surface area contributed by atoms with Crippen LogP contribution in [0.15, 0.2) is 24.4 Å². The second kappa shape index (κ2) is 6.95. The zero-order valence-corrected chi connectivity index (χ0v) is 16.6. The lowest BCUT2D eigenvalue weighted by Crippen LogP contribution is -2.36. The van der Waals surface area contributed by atoms with Crippen LogP contribution in [0, 0.1) is 0 Å². The van der Waals surface area contributed by atoms with Crippen molar-refractivity contribution in [3.05, 3.63) is 35.7 Å². The molecule has 11 nitrogen and oxygen atoms in total. The first kappa shape index (κ1) is 16.1. The first-order valence-corrected chi connectivity index (χ1v) is 9.39. The highest BCUT2D eigenvalue weighted by molar-refractivity contribution is 5.94. The fourth-order valence-corrected chi connectivity index (χ4v) is 3.38. The van der Waals surface area contributed by atoms with Crippen molar-refractivity contribution in [2.45, 2.75) is 19.5 Å². The molecule has 0 saturated carbocycles. The molecule has 1 atom stereocenters. The molecule has 0 spiro atoms. The van der Waals surface area contributed by atoms with Gasteiger partial charge in [0, 0.05) is 26.2 Å². The molecule has 1 amide bonds. The van der Waals surface area contributed by atoms with Gasteiger partial charge < -0.3 is 20.7 Å². The van der Waals surface area contributed by atoms with Crippen LogP contribution in [0.5, 0.6) is 0 Å². The number of aryl methyl sites for hydroxylation is 1. The van der Waals surface area contributed by atoms with E-state index in [0.717, 1.165) is 0 Å². The SMILES string of the molecule is [2H]C1([2H])OC[C@@H](C)NC(=O)c2cnc3c(NC)cc(nn23)Nc2cc1cc1c2nnn1C. The molecule has 4 aromatic rings. The third-order valence-electron chi connectivity index (χ3n) is 4.85. The maximum atomic E-state index is 12.9. The molecule has 3 aromatic heterocycles. The van der Waals surface area contributed by atoms with E-state index < -0.39 is 18.5 Å². The van der Waals surface area contributed by atoms with E-state index in [1.54, 1.807) is 43.9 Å². The Morgan fingerprint density at radius 3 is 3.07 bits per heavy atom. The van der Waals surface area contributed by atoms with Crippen molar-refractivity contribution in [3.8, 4) is 0 Å². The van der Waals surface area contributed by atoms with Crippen LogP contribution in [-0.2, 0) is 18.3 Å². The van der Waals surface area contributed by atoms with Crippen LogP contribution in [-0.4, -0.2) is 55.2 Å². The van der Waals surface area contributed by atoms with Crippen molar-refractivity contribution < 1.29 is 12.3 Å². The van der Waals surface area contributed by atoms with Gasteiger partial charge >= 0.3 is 0 Å². The highest BCUT2D eigenvalue weighted by Crippen LogP contribution is 2.28. The van der Waals surface area contributed by atoms with E-state index in [9.17, 15) is 4.79 Å². The minimum Gasteiger partial charge on any atom is -0.385 e. The number of imidazole rings is 1. The standard InChI is InChI=1S/C19H21N9O2/c1-10-8-30-9-11-4-12(17-14(5-11)27(3)26-24-17)23-16-6-13(20-2)18-21-7-15(19(29)22-10)28(18)25-16/h4-7,10,20H,8-9H2,1-3H3,(H,22,29)(H,23,25)/t10-/m1/s1/i9D2. The Labute approximate surface area is 174 Å². The van der Waals surface area contributed by atoms with Gasteiger partial charge in [0.25, 0.3) is 5.91 Å². The molecule has 154 valence electrons. The maximum Gasteiger partial charge on any atom is 0.271 e. The van der Waals surface area contributed by atoms with Gasteiger partial charge in [-0.3, -0.25) is 4.79 Å². The number of aromatic nitrogens is 6. The Bertz CT molecular complexity index is 1360. The monoisotopic (exact) mass is 409 g/mol. The Balaban J connectivity index is 1.76. The Kier molecular flexibility index (Phi) is 3.73. The molecule has 0 saturated heterocycles. The predicted octanol–water partition coefficient (Wildman–Crippen LogP) is 1.44. The number of hydrogen-bond donors (Lipinski definition) is 3. The Morgan fingerprint density at radius 1 is 1.37 bits per heavy atom. The summed E-state index contributed by atoms with van der Waals surface area (Å²) in [5, 5.41) is 21.9. The van der Waals surface area contributed by atoms with E-state index in [2.05, 4.69) is 36.3 Å². The first-order chi connectivity index (χ1) is 15.3. The van der Waals surface area contributed by atoms with Gasteiger partial charge in [0.2, 0.25) is 0 Å². The number of benzene rings is 1. The van der Waals surface area contributed by atoms with E-state index in [-0.39, 0.29) is 17.9 Å². The molecule has 1 aliphatic heterocycles. The molecule has 0 unspecified atom stereocenters. The fraction of sp³-hybridized carbons (Fsp3) is 0.316. The molecule has 30 heavy (non-hydrogen) atoms. The number of fused-ring (bicyclic) bond motifs is 5. The first-order valence-electron chi connectivity index (χ1n) is 10.4.